The molecule has 0 heterocycles. The maximum atomic E-state index is 5.40. The fourth-order valence-electron chi connectivity index (χ4n) is 0.904. The highest BCUT2D eigenvalue weighted by atomic mass is 15.1. The summed E-state index contributed by atoms with van der Waals surface area (Å²) in [5.74, 6) is 0. The third-order valence-electron chi connectivity index (χ3n) is 1.61. The molecule has 0 aromatic carbocycles. The van der Waals surface area contributed by atoms with E-state index in [-0.39, 0.29) is 0 Å². The van der Waals surface area contributed by atoms with E-state index in [1.807, 2.05) is 0 Å². The Bertz CT molecular complexity index is 75.7. The quantitative estimate of drug-likeness (QED) is 0.509. The topological polar surface area (TPSA) is 41.3 Å². The monoisotopic (exact) mass is 159 g/mol. The Balaban J connectivity index is 2.97. The van der Waals surface area contributed by atoms with Gasteiger partial charge in [0.1, 0.15) is 0 Å². The second-order valence-corrected chi connectivity index (χ2v) is 2.84. The van der Waals surface area contributed by atoms with Crippen molar-refractivity contribution in [1.29, 1.82) is 0 Å². The maximum absolute atomic E-state index is 5.40. The van der Waals surface area contributed by atoms with E-state index in [9.17, 15) is 0 Å². The average molecular weight is 159 g/mol. The standard InChI is InChI=1S/C8H21N3/c1-3-5-10-6-8-11(2)7-4-9/h10H,3-9H2,1-2H3. The van der Waals surface area contributed by atoms with Crippen LogP contribution in [-0.4, -0.2) is 44.7 Å². The summed E-state index contributed by atoms with van der Waals surface area (Å²) in [5, 5.41) is 3.34. The van der Waals surface area contributed by atoms with Crippen molar-refractivity contribution in [2.75, 3.05) is 39.8 Å². The molecule has 68 valence electrons. The van der Waals surface area contributed by atoms with Crippen LogP contribution < -0.4 is 11.1 Å². The first-order chi connectivity index (χ1) is 5.31. The first kappa shape index (κ1) is 10.9. The van der Waals surface area contributed by atoms with Gasteiger partial charge in [-0.25, -0.2) is 0 Å². The summed E-state index contributed by atoms with van der Waals surface area (Å²) in [6.45, 7) is 7.21. The lowest BCUT2D eigenvalue weighted by molar-refractivity contribution is 0.340. The molecular weight excluding hydrogens is 138 g/mol. The molecule has 3 nitrogen and oxygen atoms in total. The highest BCUT2D eigenvalue weighted by Gasteiger charge is 1.93. The summed E-state index contributed by atoms with van der Waals surface area (Å²) >= 11 is 0. The molecule has 0 unspecified atom stereocenters. The molecule has 0 aliphatic heterocycles. The summed E-state index contributed by atoms with van der Waals surface area (Å²) in [6, 6.07) is 0. The van der Waals surface area contributed by atoms with Crippen molar-refractivity contribution >= 4 is 0 Å². The van der Waals surface area contributed by atoms with Crippen LogP contribution in [0, 0.1) is 0 Å². The van der Waals surface area contributed by atoms with Gasteiger partial charge in [0.2, 0.25) is 0 Å². The van der Waals surface area contributed by atoms with Gasteiger partial charge in [0, 0.05) is 26.2 Å². The third kappa shape index (κ3) is 7.78. The van der Waals surface area contributed by atoms with E-state index >= 15 is 0 Å². The Labute approximate surface area is 69.9 Å². The second-order valence-electron chi connectivity index (χ2n) is 2.84. The van der Waals surface area contributed by atoms with Crippen LogP contribution in [0.25, 0.3) is 0 Å². The molecule has 3 heteroatoms. The van der Waals surface area contributed by atoms with Gasteiger partial charge in [0.25, 0.3) is 0 Å². The average Bonchev–Trinajstić information content (AvgIpc) is 1.99. The van der Waals surface area contributed by atoms with Crippen LogP contribution in [0.4, 0.5) is 0 Å². The Morgan fingerprint density at radius 1 is 1.27 bits per heavy atom. The van der Waals surface area contributed by atoms with Crippen molar-refractivity contribution in [2.24, 2.45) is 5.73 Å². The lowest BCUT2D eigenvalue weighted by atomic mass is 10.4. The van der Waals surface area contributed by atoms with Crippen LogP contribution in [0.5, 0.6) is 0 Å². The van der Waals surface area contributed by atoms with Gasteiger partial charge in [0.05, 0.1) is 0 Å². The minimum Gasteiger partial charge on any atom is -0.329 e. The van der Waals surface area contributed by atoms with Crippen molar-refractivity contribution in [3.8, 4) is 0 Å². The summed E-state index contributed by atoms with van der Waals surface area (Å²) < 4.78 is 0. The second kappa shape index (κ2) is 7.98. The van der Waals surface area contributed by atoms with Crippen molar-refractivity contribution < 1.29 is 0 Å². The SMILES string of the molecule is CCCNCCN(C)CCN. The van der Waals surface area contributed by atoms with Crippen LogP contribution in [-0.2, 0) is 0 Å². The lowest BCUT2D eigenvalue weighted by Crippen LogP contribution is -2.32. The van der Waals surface area contributed by atoms with Crippen LogP contribution in [0.1, 0.15) is 13.3 Å². The van der Waals surface area contributed by atoms with Gasteiger partial charge in [-0.05, 0) is 20.0 Å². The smallest absolute Gasteiger partial charge is 0.0104 e. The predicted molar refractivity (Wildman–Crippen MR) is 49.7 cm³/mol. The molecule has 0 bridgehead atoms. The van der Waals surface area contributed by atoms with E-state index in [0.29, 0.717) is 0 Å². The zero-order valence-electron chi connectivity index (χ0n) is 7.77. The highest BCUT2D eigenvalue weighted by molar-refractivity contribution is 4.54. The number of nitrogens with two attached hydrogens (primary N) is 1. The van der Waals surface area contributed by atoms with Gasteiger partial charge in [0.15, 0.2) is 0 Å². The van der Waals surface area contributed by atoms with Gasteiger partial charge in [-0.2, -0.15) is 0 Å². The summed E-state index contributed by atoms with van der Waals surface area (Å²) in [7, 11) is 2.10. The molecule has 0 atom stereocenters. The molecule has 0 saturated heterocycles. The van der Waals surface area contributed by atoms with Gasteiger partial charge in [-0.1, -0.05) is 6.92 Å². The first-order valence-corrected chi connectivity index (χ1v) is 4.40. The molecule has 11 heavy (non-hydrogen) atoms. The normalized spacial score (nSPS) is 10.9. The molecule has 0 aromatic rings. The fourth-order valence-corrected chi connectivity index (χ4v) is 0.904. The van der Waals surface area contributed by atoms with Gasteiger partial charge < -0.3 is 16.0 Å². The largest absolute Gasteiger partial charge is 0.329 e. The van der Waals surface area contributed by atoms with E-state index in [1.165, 1.54) is 6.42 Å². The molecule has 0 aliphatic rings. The number of hydrogen-bond donors (Lipinski definition) is 2. The van der Waals surface area contributed by atoms with Crippen LogP contribution in [0.2, 0.25) is 0 Å². The number of nitrogens with one attached hydrogen (secondary N) is 1. The van der Waals surface area contributed by atoms with E-state index < -0.39 is 0 Å². The molecule has 0 radical (unpaired) electrons. The zero-order valence-corrected chi connectivity index (χ0v) is 7.77. The Kier molecular flexibility index (Phi) is 7.89. The van der Waals surface area contributed by atoms with Gasteiger partial charge >= 0.3 is 0 Å². The molecule has 0 aliphatic carbocycles. The molecule has 0 saturated carbocycles. The third-order valence-corrected chi connectivity index (χ3v) is 1.61. The van der Waals surface area contributed by atoms with Gasteiger partial charge in [-0.3, -0.25) is 0 Å². The number of likely N-dealkylation sites (N-methyl/N-ethyl adjacent to an activating group) is 1. The number of hydrogen-bond acceptors (Lipinski definition) is 3. The minimum absolute atomic E-state index is 0.754. The molecule has 0 aromatic heterocycles. The van der Waals surface area contributed by atoms with E-state index in [0.717, 1.165) is 32.7 Å². The van der Waals surface area contributed by atoms with E-state index in [1.54, 1.807) is 0 Å². The van der Waals surface area contributed by atoms with Crippen LogP contribution in [0.15, 0.2) is 0 Å². The lowest BCUT2D eigenvalue weighted by Gasteiger charge is -2.14. The molecule has 3 N–H and O–H groups in total. The van der Waals surface area contributed by atoms with Crippen molar-refractivity contribution in [3.05, 3.63) is 0 Å². The summed E-state index contributed by atoms with van der Waals surface area (Å²) in [4.78, 5) is 2.24. The Hall–Kier alpha value is -0.120. The highest BCUT2D eigenvalue weighted by Crippen LogP contribution is 1.77. The fraction of sp³-hybridized carbons (Fsp3) is 1.00. The zero-order chi connectivity index (χ0) is 8.53. The van der Waals surface area contributed by atoms with Crippen LogP contribution >= 0.6 is 0 Å². The predicted octanol–water partition coefficient (Wildman–Crippen LogP) is -0.123. The van der Waals surface area contributed by atoms with Crippen molar-refractivity contribution in [2.45, 2.75) is 13.3 Å². The molecule has 0 fully saturated rings. The summed E-state index contributed by atoms with van der Waals surface area (Å²) in [6.07, 6.45) is 1.21. The first-order valence-electron chi connectivity index (χ1n) is 4.40. The maximum Gasteiger partial charge on any atom is 0.0104 e. The minimum atomic E-state index is 0.754. The number of rotatable bonds is 7. The molecule has 0 spiro atoms. The molecule has 0 rings (SSSR count). The van der Waals surface area contributed by atoms with Crippen molar-refractivity contribution in [3.63, 3.8) is 0 Å². The number of nitrogens with zero attached hydrogens (tertiary/aromatic N) is 1. The van der Waals surface area contributed by atoms with Gasteiger partial charge in [-0.15, -0.1) is 0 Å². The molecular formula is C8H21N3. The molecule has 0 amide bonds. The Morgan fingerprint density at radius 3 is 2.55 bits per heavy atom. The summed E-state index contributed by atoms with van der Waals surface area (Å²) in [5.41, 5.74) is 5.40. The Morgan fingerprint density at radius 2 is 2.00 bits per heavy atom. The van der Waals surface area contributed by atoms with E-state index in [4.69, 9.17) is 5.73 Å². The van der Waals surface area contributed by atoms with E-state index in [2.05, 4.69) is 24.2 Å². The van der Waals surface area contributed by atoms with Crippen LogP contribution in [0.3, 0.4) is 0 Å². The van der Waals surface area contributed by atoms with Crippen molar-refractivity contribution in [1.82, 2.24) is 10.2 Å².